The summed E-state index contributed by atoms with van der Waals surface area (Å²) in [5.41, 5.74) is 2.20. The molecule has 1 fully saturated rings. The summed E-state index contributed by atoms with van der Waals surface area (Å²) in [6.45, 7) is 7.47. The molecule has 1 N–H and O–H groups in total. The van der Waals surface area contributed by atoms with Crippen LogP contribution in [0.15, 0.2) is 18.2 Å². The van der Waals surface area contributed by atoms with E-state index in [9.17, 15) is 4.39 Å². The van der Waals surface area contributed by atoms with Gasteiger partial charge in [0.15, 0.2) is 0 Å². The minimum absolute atomic E-state index is 0.0627. The summed E-state index contributed by atoms with van der Waals surface area (Å²) < 4.78 is 14.2. The van der Waals surface area contributed by atoms with Gasteiger partial charge in [-0.25, -0.2) is 4.39 Å². The predicted molar refractivity (Wildman–Crippen MR) is 78.7 cm³/mol. The zero-order chi connectivity index (χ0) is 13.9. The van der Waals surface area contributed by atoms with E-state index in [0.29, 0.717) is 0 Å². The van der Waals surface area contributed by atoms with Gasteiger partial charge in [-0.15, -0.1) is 0 Å². The van der Waals surface area contributed by atoms with Crippen molar-refractivity contribution in [2.75, 3.05) is 6.54 Å². The number of nitrogens with one attached hydrogen (secondary N) is 1. The van der Waals surface area contributed by atoms with Crippen LogP contribution in [0, 0.1) is 18.2 Å². The fraction of sp³-hybridized carbons (Fsp3) is 0.647. The van der Waals surface area contributed by atoms with Crippen molar-refractivity contribution >= 4 is 0 Å². The van der Waals surface area contributed by atoms with Crippen molar-refractivity contribution in [2.45, 2.75) is 58.9 Å². The molecule has 1 saturated carbocycles. The molecule has 106 valence electrons. The minimum atomic E-state index is -0.0627. The Balaban J connectivity index is 2.33. The molecule has 1 aromatic carbocycles. The second-order valence-electron chi connectivity index (χ2n) is 6.27. The van der Waals surface area contributed by atoms with E-state index >= 15 is 0 Å². The first kappa shape index (κ1) is 14.5. The number of rotatable bonds is 5. The van der Waals surface area contributed by atoms with Crippen LogP contribution in [-0.2, 0) is 0 Å². The van der Waals surface area contributed by atoms with Crippen LogP contribution in [0.2, 0.25) is 0 Å². The van der Waals surface area contributed by atoms with Gasteiger partial charge in [0.1, 0.15) is 5.82 Å². The zero-order valence-electron chi connectivity index (χ0n) is 12.4. The average molecular weight is 263 g/mol. The monoisotopic (exact) mass is 263 g/mol. The van der Waals surface area contributed by atoms with Crippen molar-refractivity contribution < 1.29 is 4.39 Å². The van der Waals surface area contributed by atoms with Crippen molar-refractivity contribution in [3.05, 3.63) is 35.1 Å². The van der Waals surface area contributed by atoms with Crippen LogP contribution in [-0.4, -0.2) is 6.54 Å². The number of benzene rings is 1. The van der Waals surface area contributed by atoms with Gasteiger partial charge in [0.2, 0.25) is 0 Å². The molecule has 1 unspecified atom stereocenters. The fourth-order valence-electron chi connectivity index (χ4n) is 3.38. The molecule has 0 aromatic heterocycles. The normalized spacial score (nSPS) is 19.6. The Morgan fingerprint density at radius 2 is 2.00 bits per heavy atom. The molecule has 0 spiro atoms. The van der Waals surface area contributed by atoms with Gasteiger partial charge in [-0.2, -0.15) is 0 Å². The minimum Gasteiger partial charge on any atom is -0.309 e. The second-order valence-corrected chi connectivity index (χ2v) is 6.27. The van der Waals surface area contributed by atoms with Crippen LogP contribution in [0.1, 0.15) is 63.1 Å². The van der Waals surface area contributed by atoms with Crippen LogP contribution >= 0.6 is 0 Å². The summed E-state index contributed by atoms with van der Waals surface area (Å²) in [6.07, 6.45) is 6.02. The van der Waals surface area contributed by atoms with Crippen molar-refractivity contribution in [1.29, 1.82) is 0 Å². The second kappa shape index (κ2) is 6.04. The third-order valence-corrected chi connectivity index (χ3v) is 4.50. The van der Waals surface area contributed by atoms with Gasteiger partial charge in [0.05, 0.1) is 0 Å². The third kappa shape index (κ3) is 3.17. The zero-order valence-corrected chi connectivity index (χ0v) is 12.4. The summed E-state index contributed by atoms with van der Waals surface area (Å²) in [4.78, 5) is 0. The van der Waals surface area contributed by atoms with Crippen LogP contribution in [0.25, 0.3) is 0 Å². The van der Waals surface area contributed by atoms with E-state index in [1.54, 1.807) is 6.07 Å². The van der Waals surface area contributed by atoms with E-state index in [0.717, 1.165) is 24.1 Å². The lowest BCUT2D eigenvalue weighted by Gasteiger charge is -2.35. The summed E-state index contributed by atoms with van der Waals surface area (Å²) >= 11 is 0. The molecule has 0 bridgehead atoms. The van der Waals surface area contributed by atoms with E-state index in [2.05, 4.69) is 19.2 Å². The first-order valence-corrected chi connectivity index (χ1v) is 7.56. The quantitative estimate of drug-likeness (QED) is 0.808. The maximum Gasteiger partial charge on any atom is 0.128 e. The molecular weight excluding hydrogens is 237 g/mol. The van der Waals surface area contributed by atoms with Crippen molar-refractivity contribution in [3.8, 4) is 0 Å². The number of hydrogen-bond acceptors (Lipinski definition) is 1. The molecule has 0 amide bonds. The first-order valence-electron chi connectivity index (χ1n) is 7.56. The molecule has 1 aliphatic rings. The Kier molecular flexibility index (Phi) is 4.62. The molecule has 0 aliphatic heterocycles. The molecule has 19 heavy (non-hydrogen) atoms. The molecule has 2 heteroatoms. The van der Waals surface area contributed by atoms with Crippen molar-refractivity contribution in [3.63, 3.8) is 0 Å². The van der Waals surface area contributed by atoms with E-state index in [1.807, 2.05) is 19.1 Å². The first-order chi connectivity index (χ1) is 9.07. The topological polar surface area (TPSA) is 12.0 Å². The fourth-order valence-corrected chi connectivity index (χ4v) is 3.38. The van der Waals surface area contributed by atoms with Crippen molar-refractivity contribution in [1.82, 2.24) is 5.32 Å². The van der Waals surface area contributed by atoms with E-state index < -0.39 is 0 Å². The maximum atomic E-state index is 14.2. The highest BCUT2D eigenvalue weighted by molar-refractivity contribution is 5.28. The smallest absolute Gasteiger partial charge is 0.128 e. The van der Waals surface area contributed by atoms with Gasteiger partial charge in [-0.3, -0.25) is 0 Å². The molecule has 1 nitrogen and oxygen atoms in total. The Labute approximate surface area is 116 Å². The Morgan fingerprint density at radius 3 is 2.63 bits per heavy atom. The number of aryl methyl sites for hydroxylation is 1. The van der Waals surface area contributed by atoms with E-state index in [4.69, 9.17) is 0 Å². The largest absolute Gasteiger partial charge is 0.309 e. The van der Waals surface area contributed by atoms with E-state index in [1.165, 1.54) is 25.7 Å². The van der Waals surface area contributed by atoms with Crippen LogP contribution in [0.4, 0.5) is 4.39 Å². The lowest BCUT2D eigenvalue weighted by Crippen LogP contribution is -2.35. The SMILES string of the molecule is CCCNC(c1cc(C)ccc1F)C1(C)CCCC1. The van der Waals surface area contributed by atoms with Crippen LogP contribution in [0.5, 0.6) is 0 Å². The Bertz CT molecular complexity index is 421. The number of hydrogen-bond donors (Lipinski definition) is 1. The molecule has 1 aromatic rings. The summed E-state index contributed by atoms with van der Waals surface area (Å²) in [6, 6.07) is 5.64. The summed E-state index contributed by atoms with van der Waals surface area (Å²) in [7, 11) is 0. The standard InChI is InChI=1S/C17H26FN/c1-4-11-19-16(17(3)9-5-6-10-17)14-12-13(2)7-8-15(14)18/h7-8,12,16,19H,4-6,9-11H2,1-3H3. The van der Waals surface area contributed by atoms with Crippen LogP contribution < -0.4 is 5.32 Å². The lowest BCUT2D eigenvalue weighted by atomic mass is 9.76. The third-order valence-electron chi connectivity index (χ3n) is 4.50. The van der Waals surface area contributed by atoms with Gasteiger partial charge >= 0.3 is 0 Å². The van der Waals surface area contributed by atoms with Crippen LogP contribution in [0.3, 0.4) is 0 Å². The highest BCUT2D eigenvalue weighted by atomic mass is 19.1. The predicted octanol–water partition coefficient (Wildman–Crippen LogP) is 4.76. The molecule has 0 saturated heterocycles. The van der Waals surface area contributed by atoms with Gasteiger partial charge in [0, 0.05) is 11.6 Å². The average Bonchev–Trinajstić information content (AvgIpc) is 2.82. The number of halogens is 1. The summed E-state index contributed by atoms with van der Waals surface area (Å²) in [5, 5.41) is 3.60. The van der Waals surface area contributed by atoms with Gasteiger partial charge < -0.3 is 5.32 Å². The molecule has 1 aliphatic carbocycles. The molecular formula is C17H26FN. The van der Waals surface area contributed by atoms with Crippen molar-refractivity contribution in [2.24, 2.45) is 5.41 Å². The highest BCUT2D eigenvalue weighted by Crippen LogP contribution is 2.47. The summed E-state index contributed by atoms with van der Waals surface area (Å²) in [5.74, 6) is -0.0627. The molecule has 2 rings (SSSR count). The Morgan fingerprint density at radius 1 is 1.32 bits per heavy atom. The highest BCUT2D eigenvalue weighted by Gasteiger charge is 2.38. The molecule has 0 radical (unpaired) electrons. The van der Waals surface area contributed by atoms with Gasteiger partial charge in [-0.1, -0.05) is 44.4 Å². The Hall–Kier alpha value is -0.890. The molecule has 1 atom stereocenters. The lowest BCUT2D eigenvalue weighted by molar-refractivity contribution is 0.219. The van der Waals surface area contributed by atoms with Gasteiger partial charge in [0.25, 0.3) is 0 Å². The maximum absolute atomic E-state index is 14.2. The van der Waals surface area contributed by atoms with E-state index in [-0.39, 0.29) is 17.3 Å². The molecule has 0 heterocycles. The van der Waals surface area contributed by atoms with Gasteiger partial charge in [-0.05, 0) is 44.2 Å².